The minimum Gasteiger partial charge on any atom is -0.496 e. The van der Waals surface area contributed by atoms with Gasteiger partial charge in [-0.2, -0.15) is 0 Å². The number of ether oxygens (including phenoxy) is 2. The van der Waals surface area contributed by atoms with Gasteiger partial charge in [-0.15, -0.1) is 11.3 Å². The van der Waals surface area contributed by atoms with Crippen LogP contribution >= 0.6 is 22.9 Å². The molecule has 2 aromatic rings. The summed E-state index contributed by atoms with van der Waals surface area (Å²) in [5, 5.41) is 2.57. The third kappa shape index (κ3) is 2.61. The van der Waals surface area contributed by atoms with E-state index in [-0.39, 0.29) is 6.04 Å². The first-order valence-electron chi connectivity index (χ1n) is 5.37. The van der Waals surface area contributed by atoms with Gasteiger partial charge in [-0.05, 0) is 24.3 Å². The lowest BCUT2D eigenvalue weighted by Gasteiger charge is -2.14. The molecule has 0 aliphatic carbocycles. The van der Waals surface area contributed by atoms with Gasteiger partial charge in [-0.1, -0.05) is 11.6 Å². The summed E-state index contributed by atoms with van der Waals surface area (Å²) in [6.07, 6.45) is 0. The molecule has 3 nitrogen and oxygen atoms in total. The van der Waals surface area contributed by atoms with Crippen molar-refractivity contribution in [2.45, 2.75) is 6.04 Å². The van der Waals surface area contributed by atoms with E-state index in [1.54, 1.807) is 31.6 Å². The van der Waals surface area contributed by atoms with Crippen LogP contribution in [-0.4, -0.2) is 14.2 Å². The zero-order chi connectivity index (χ0) is 13.1. The van der Waals surface area contributed by atoms with Crippen LogP contribution in [0.3, 0.4) is 0 Å². The molecule has 1 atom stereocenters. The Bertz CT molecular complexity index is 542. The maximum Gasteiger partial charge on any atom is 0.129 e. The normalized spacial score (nSPS) is 12.2. The van der Waals surface area contributed by atoms with Crippen molar-refractivity contribution < 1.29 is 9.47 Å². The summed E-state index contributed by atoms with van der Waals surface area (Å²) in [6.45, 7) is 0. The van der Waals surface area contributed by atoms with Crippen molar-refractivity contribution in [3.05, 3.63) is 45.1 Å². The second-order valence-corrected chi connectivity index (χ2v) is 5.13. The van der Waals surface area contributed by atoms with Crippen molar-refractivity contribution in [1.82, 2.24) is 0 Å². The van der Waals surface area contributed by atoms with E-state index in [4.69, 9.17) is 26.8 Å². The van der Waals surface area contributed by atoms with Crippen LogP contribution < -0.4 is 15.2 Å². The van der Waals surface area contributed by atoms with Gasteiger partial charge in [0.1, 0.15) is 11.5 Å². The summed E-state index contributed by atoms with van der Waals surface area (Å²) < 4.78 is 10.5. The van der Waals surface area contributed by atoms with Gasteiger partial charge in [0.2, 0.25) is 0 Å². The van der Waals surface area contributed by atoms with E-state index in [1.165, 1.54) is 0 Å². The van der Waals surface area contributed by atoms with Crippen LogP contribution in [0.25, 0.3) is 0 Å². The third-order valence-corrected chi connectivity index (χ3v) is 3.89. The molecule has 0 saturated carbocycles. The molecule has 0 aliphatic heterocycles. The maximum absolute atomic E-state index is 6.25. The molecule has 0 radical (unpaired) electrons. The summed E-state index contributed by atoms with van der Waals surface area (Å²) in [4.78, 5) is 1.01. The Morgan fingerprint density at radius 2 is 2.00 bits per heavy atom. The average Bonchev–Trinajstić information content (AvgIpc) is 2.86. The van der Waals surface area contributed by atoms with E-state index in [0.29, 0.717) is 5.02 Å². The van der Waals surface area contributed by atoms with Gasteiger partial charge < -0.3 is 15.2 Å². The smallest absolute Gasteiger partial charge is 0.129 e. The number of benzene rings is 1. The standard InChI is InChI=1S/C13H14ClNO2S/c1-16-9-6-12(18-7-9)13(15)10-5-8(14)3-4-11(10)17-2/h3-7,13H,15H2,1-2H3. The van der Waals surface area contributed by atoms with Gasteiger partial charge in [0.05, 0.1) is 20.3 Å². The van der Waals surface area contributed by atoms with Gasteiger partial charge in [0.15, 0.2) is 0 Å². The molecule has 0 spiro atoms. The number of thiophene rings is 1. The number of hydrogen-bond acceptors (Lipinski definition) is 4. The summed E-state index contributed by atoms with van der Waals surface area (Å²) in [5.74, 6) is 1.55. The Labute approximate surface area is 115 Å². The van der Waals surface area contributed by atoms with Crippen molar-refractivity contribution in [3.8, 4) is 11.5 Å². The van der Waals surface area contributed by atoms with Crippen LogP contribution in [0.5, 0.6) is 11.5 Å². The lowest BCUT2D eigenvalue weighted by Crippen LogP contribution is -2.11. The predicted octanol–water partition coefficient (Wildman–Crippen LogP) is 3.47. The van der Waals surface area contributed by atoms with Crippen molar-refractivity contribution in [1.29, 1.82) is 0 Å². The molecule has 96 valence electrons. The zero-order valence-corrected chi connectivity index (χ0v) is 11.7. The minimum absolute atomic E-state index is 0.271. The molecule has 5 heteroatoms. The Kier molecular flexibility index (Phi) is 4.11. The molecular formula is C13H14ClNO2S. The molecule has 1 aromatic carbocycles. The minimum atomic E-state index is -0.271. The van der Waals surface area contributed by atoms with Gasteiger partial charge in [0.25, 0.3) is 0 Å². The second-order valence-electron chi connectivity index (χ2n) is 3.75. The number of methoxy groups -OCH3 is 2. The van der Waals surface area contributed by atoms with Crippen molar-refractivity contribution in [2.75, 3.05) is 14.2 Å². The highest BCUT2D eigenvalue weighted by Gasteiger charge is 2.16. The molecule has 1 heterocycles. The fourth-order valence-electron chi connectivity index (χ4n) is 1.71. The number of nitrogens with two attached hydrogens (primary N) is 1. The van der Waals surface area contributed by atoms with Gasteiger partial charge in [-0.3, -0.25) is 0 Å². The SMILES string of the molecule is COc1csc(C(N)c2cc(Cl)ccc2OC)c1. The lowest BCUT2D eigenvalue weighted by molar-refractivity contribution is 0.407. The molecule has 0 fully saturated rings. The highest BCUT2D eigenvalue weighted by atomic mass is 35.5. The van der Waals surface area contributed by atoms with Gasteiger partial charge in [0, 0.05) is 20.8 Å². The van der Waals surface area contributed by atoms with Gasteiger partial charge >= 0.3 is 0 Å². The van der Waals surface area contributed by atoms with Crippen LogP contribution in [0.15, 0.2) is 29.6 Å². The van der Waals surface area contributed by atoms with Crippen LogP contribution in [0.4, 0.5) is 0 Å². The molecule has 1 unspecified atom stereocenters. The first-order chi connectivity index (χ1) is 8.65. The first-order valence-corrected chi connectivity index (χ1v) is 6.63. The quantitative estimate of drug-likeness (QED) is 0.934. The molecule has 18 heavy (non-hydrogen) atoms. The number of halogens is 1. The molecule has 2 rings (SSSR count). The molecule has 0 bridgehead atoms. The van der Waals surface area contributed by atoms with Crippen molar-refractivity contribution >= 4 is 22.9 Å². The molecule has 0 saturated heterocycles. The van der Waals surface area contributed by atoms with Gasteiger partial charge in [-0.25, -0.2) is 0 Å². The van der Waals surface area contributed by atoms with E-state index in [1.807, 2.05) is 23.6 Å². The van der Waals surface area contributed by atoms with Crippen molar-refractivity contribution in [2.24, 2.45) is 5.73 Å². The second kappa shape index (κ2) is 5.61. The summed E-state index contributed by atoms with van der Waals surface area (Å²) in [7, 11) is 3.26. The predicted molar refractivity (Wildman–Crippen MR) is 74.9 cm³/mol. The third-order valence-electron chi connectivity index (χ3n) is 2.66. The zero-order valence-electron chi connectivity index (χ0n) is 10.1. The first kappa shape index (κ1) is 13.2. The summed E-state index contributed by atoms with van der Waals surface area (Å²) in [6, 6.07) is 7.09. The average molecular weight is 284 g/mol. The maximum atomic E-state index is 6.25. The fraction of sp³-hybridized carbons (Fsp3) is 0.231. The Morgan fingerprint density at radius 1 is 1.22 bits per heavy atom. The van der Waals surface area contributed by atoms with E-state index in [2.05, 4.69) is 0 Å². The van der Waals surface area contributed by atoms with Crippen LogP contribution in [-0.2, 0) is 0 Å². The summed E-state index contributed by atoms with van der Waals surface area (Å²) >= 11 is 7.56. The van der Waals surface area contributed by atoms with Crippen molar-refractivity contribution in [3.63, 3.8) is 0 Å². The Hall–Kier alpha value is -1.23. The lowest BCUT2D eigenvalue weighted by atomic mass is 10.1. The highest BCUT2D eigenvalue weighted by molar-refractivity contribution is 7.10. The van der Waals surface area contributed by atoms with E-state index in [9.17, 15) is 0 Å². The molecule has 2 N–H and O–H groups in total. The number of rotatable bonds is 4. The molecule has 1 aromatic heterocycles. The largest absolute Gasteiger partial charge is 0.496 e. The topological polar surface area (TPSA) is 44.5 Å². The van der Waals surface area contributed by atoms with E-state index >= 15 is 0 Å². The Balaban J connectivity index is 2.38. The van der Waals surface area contributed by atoms with Crippen LogP contribution in [0.2, 0.25) is 5.02 Å². The summed E-state index contributed by atoms with van der Waals surface area (Å²) in [5.41, 5.74) is 7.12. The van der Waals surface area contributed by atoms with E-state index in [0.717, 1.165) is 21.9 Å². The fourth-order valence-corrected chi connectivity index (χ4v) is 2.76. The number of hydrogen-bond donors (Lipinski definition) is 1. The molecular weight excluding hydrogens is 270 g/mol. The van der Waals surface area contributed by atoms with E-state index < -0.39 is 0 Å². The molecule has 0 amide bonds. The van der Waals surface area contributed by atoms with Crippen LogP contribution in [0, 0.1) is 0 Å². The molecule has 0 aliphatic rings. The monoisotopic (exact) mass is 283 g/mol. The Morgan fingerprint density at radius 3 is 2.61 bits per heavy atom. The highest BCUT2D eigenvalue weighted by Crippen LogP contribution is 2.34. The van der Waals surface area contributed by atoms with Crippen LogP contribution in [0.1, 0.15) is 16.5 Å².